The SMILES string of the molecule is COc1ccc(C#CCNC2(C)CCN(C3CCN(c4nc(C(COCNC(=O)C(CC(N)=O)NC(C)=O)(OC5CC5)c5ccccc5)c5cc(-c6cn(C)c(=O)c7[nH]ccc67)ccc5n4)CC3)CC2)cc1N1CCC(=O)NC1=O. The Morgan fingerprint density at radius 3 is 2.42 bits per heavy atom. The Hall–Kier alpha value is -8.16. The summed E-state index contributed by atoms with van der Waals surface area (Å²) in [7, 11) is 3.28. The number of urea groups is 1. The second kappa shape index (κ2) is 23.7. The van der Waals surface area contributed by atoms with Crippen molar-refractivity contribution in [2.75, 3.05) is 69.5 Å². The van der Waals surface area contributed by atoms with E-state index in [2.05, 4.69) is 60.9 Å². The van der Waals surface area contributed by atoms with Crippen LogP contribution in [0.2, 0.25) is 0 Å². The highest BCUT2D eigenvalue weighted by Crippen LogP contribution is 2.44. The number of H-pyrrole nitrogens is 1. The normalized spacial score (nSPS) is 18.0. The van der Waals surface area contributed by atoms with Crippen LogP contribution in [-0.4, -0.2) is 138 Å². The van der Waals surface area contributed by atoms with E-state index in [0.717, 1.165) is 97.7 Å². The minimum Gasteiger partial charge on any atom is -0.495 e. The van der Waals surface area contributed by atoms with Crippen molar-refractivity contribution in [1.82, 2.24) is 45.7 Å². The van der Waals surface area contributed by atoms with E-state index in [1.807, 2.05) is 66.9 Å². The number of nitrogens with two attached hydrogens (primary N) is 1. The first-order valence-corrected chi connectivity index (χ1v) is 27.3. The van der Waals surface area contributed by atoms with E-state index in [1.54, 1.807) is 31.0 Å². The van der Waals surface area contributed by atoms with Crippen LogP contribution >= 0.6 is 0 Å². The van der Waals surface area contributed by atoms with Gasteiger partial charge in [-0.3, -0.25) is 34.2 Å². The molecule has 3 aromatic heterocycles. The highest BCUT2D eigenvalue weighted by Gasteiger charge is 2.45. The Morgan fingerprint density at radius 1 is 0.938 bits per heavy atom. The molecule has 0 bridgehead atoms. The second-order valence-electron chi connectivity index (χ2n) is 21.4. The lowest BCUT2D eigenvalue weighted by molar-refractivity contribution is -0.133. The van der Waals surface area contributed by atoms with Crippen molar-refractivity contribution in [2.45, 2.75) is 94.5 Å². The van der Waals surface area contributed by atoms with Crippen molar-refractivity contribution < 1.29 is 38.2 Å². The van der Waals surface area contributed by atoms with Crippen LogP contribution in [-0.2, 0) is 41.3 Å². The molecular formula is C59H68N12O9. The molecule has 7 N–H and O–H groups in total. The number of hydrogen-bond acceptors (Lipinski definition) is 14. The van der Waals surface area contributed by atoms with Gasteiger partial charge in [-0.25, -0.2) is 14.8 Å². The van der Waals surface area contributed by atoms with E-state index in [9.17, 15) is 28.8 Å². The lowest BCUT2D eigenvalue weighted by Gasteiger charge is -2.45. The summed E-state index contributed by atoms with van der Waals surface area (Å²) in [5.74, 6) is 5.44. The summed E-state index contributed by atoms with van der Waals surface area (Å²) >= 11 is 0. The molecule has 4 fully saturated rings. The predicted octanol–water partition coefficient (Wildman–Crippen LogP) is 4.29. The number of primary amides is 1. The quantitative estimate of drug-likeness (QED) is 0.0376. The predicted molar refractivity (Wildman–Crippen MR) is 302 cm³/mol. The number of piperidine rings is 2. The van der Waals surface area contributed by atoms with Crippen molar-refractivity contribution in [2.24, 2.45) is 12.8 Å². The Bertz CT molecular complexity index is 3430. The van der Waals surface area contributed by atoms with Gasteiger partial charge in [0.2, 0.25) is 29.6 Å². The average Bonchev–Trinajstić information content (AvgIpc) is 4.27. The van der Waals surface area contributed by atoms with Gasteiger partial charge in [-0.15, -0.1) is 0 Å². The Balaban J connectivity index is 0.882. The third-order valence-corrected chi connectivity index (χ3v) is 15.7. The lowest BCUT2D eigenvalue weighted by atomic mass is 9.87. The smallest absolute Gasteiger partial charge is 0.328 e. The largest absolute Gasteiger partial charge is 0.495 e. The Morgan fingerprint density at radius 2 is 1.71 bits per heavy atom. The van der Waals surface area contributed by atoms with Crippen molar-refractivity contribution >= 4 is 63.1 Å². The minimum atomic E-state index is -1.33. The minimum absolute atomic E-state index is 0.0854. The van der Waals surface area contributed by atoms with E-state index in [4.69, 9.17) is 29.9 Å². The van der Waals surface area contributed by atoms with Gasteiger partial charge in [0.1, 0.15) is 24.0 Å². The van der Waals surface area contributed by atoms with Crippen LogP contribution in [0.25, 0.3) is 32.9 Å². The number of imide groups is 1. The summed E-state index contributed by atoms with van der Waals surface area (Å²) in [6, 6.07) is 21.9. The molecule has 3 aliphatic heterocycles. The number of carbonyl (C=O) groups excluding carboxylic acids is 5. The van der Waals surface area contributed by atoms with Gasteiger partial charge in [0.05, 0.1) is 49.7 Å². The van der Waals surface area contributed by atoms with Crippen LogP contribution < -0.4 is 47.1 Å². The molecular weight excluding hydrogens is 1020 g/mol. The maximum absolute atomic E-state index is 13.3. The summed E-state index contributed by atoms with van der Waals surface area (Å²) in [5.41, 5.74) is 9.40. The fourth-order valence-electron chi connectivity index (χ4n) is 11.1. The first-order valence-electron chi connectivity index (χ1n) is 27.3. The zero-order valence-corrected chi connectivity index (χ0v) is 45.6. The molecule has 4 aliphatic rings. The first kappa shape index (κ1) is 55.2. The number of nitrogens with zero attached hydrogens (tertiary/aromatic N) is 6. The number of aromatic amines is 1. The molecule has 6 amide bonds. The molecule has 1 saturated carbocycles. The summed E-state index contributed by atoms with van der Waals surface area (Å²) in [4.78, 5) is 95.0. The average molecular weight is 1090 g/mol. The number of aryl methyl sites for hydroxylation is 1. The van der Waals surface area contributed by atoms with Crippen molar-refractivity contribution in [3.8, 4) is 28.7 Å². The number of nitrogens with one attached hydrogen (secondary N) is 5. The Labute approximate surface area is 463 Å². The lowest BCUT2D eigenvalue weighted by Crippen LogP contribution is -2.55. The molecule has 2 atom stereocenters. The number of benzene rings is 3. The van der Waals surface area contributed by atoms with Crippen molar-refractivity contribution in [3.63, 3.8) is 0 Å². The van der Waals surface area contributed by atoms with Crippen LogP contribution in [0.5, 0.6) is 5.75 Å². The Kier molecular flexibility index (Phi) is 16.3. The zero-order valence-electron chi connectivity index (χ0n) is 45.6. The van der Waals surface area contributed by atoms with E-state index in [0.29, 0.717) is 46.7 Å². The van der Waals surface area contributed by atoms with E-state index in [-0.39, 0.29) is 55.8 Å². The molecule has 80 heavy (non-hydrogen) atoms. The van der Waals surface area contributed by atoms with E-state index < -0.39 is 35.4 Å². The third-order valence-electron chi connectivity index (χ3n) is 15.7. The fourth-order valence-corrected chi connectivity index (χ4v) is 11.1. The van der Waals surface area contributed by atoms with Crippen LogP contribution in [0.15, 0.2) is 90.0 Å². The van der Waals surface area contributed by atoms with Gasteiger partial charge in [0.25, 0.3) is 5.56 Å². The molecule has 21 heteroatoms. The molecule has 21 nitrogen and oxygen atoms in total. The number of aromatic nitrogens is 4. The molecule has 1 aliphatic carbocycles. The van der Waals surface area contributed by atoms with E-state index in [1.165, 1.54) is 11.8 Å². The summed E-state index contributed by atoms with van der Waals surface area (Å²) in [5, 5.41) is 12.8. The summed E-state index contributed by atoms with van der Waals surface area (Å²) in [6.45, 7) is 7.21. The number of anilines is 2. The number of carbonyl (C=O) groups is 5. The van der Waals surface area contributed by atoms with Crippen LogP contribution in [0.1, 0.15) is 82.0 Å². The van der Waals surface area contributed by atoms with Gasteiger partial charge in [-0.2, -0.15) is 0 Å². The maximum Gasteiger partial charge on any atom is 0.328 e. The number of amides is 6. The number of fused-ring (bicyclic) bond motifs is 2. The zero-order chi connectivity index (χ0) is 56.1. The molecule has 0 spiro atoms. The number of ether oxygens (including phenoxy) is 3. The van der Waals surface area contributed by atoms with Gasteiger partial charge in [0.15, 0.2) is 5.60 Å². The summed E-state index contributed by atoms with van der Waals surface area (Å²) in [6.07, 6.45) is 8.69. The molecule has 10 rings (SSSR count). The number of methoxy groups -OCH3 is 1. The van der Waals surface area contributed by atoms with Crippen molar-refractivity contribution in [1.29, 1.82) is 0 Å². The monoisotopic (exact) mass is 1090 g/mol. The van der Waals surface area contributed by atoms with Crippen LogP contribution in [0, 0.1) is 11.8 Å². The van der Waals surface area contributed by atoms with Gasteiger partial charge < -0.3 is 55.2 Å². The van der Waals surface area contributed by atoms with Gasteiger partial charge >= 0.3 is 6.03 Å². The van der Waals surface area contributed by atoms with Crippen molar-refractivity contribution in [3.05, 3.63) is 112 Å². The molecule has 0 radical (unpaired) electrons. The molecule has 6 heterocycles. The number of hydrogen-bond donors (Lipinski definition) is 6. The molecule has 3 aromatic carbocycles. The second-order valence-corrected chi connectivity index (χ2v) is 21.4. The molecule has 418 valence electrons. The van der Waals surface area contributed by atoms with E-state index >= 15 is 0 Å². The number of likely N-dealkylation sites (tertiary alicyclic amines) is 1. The molecule has 6 aromatic rings. The van der Waals surface area contributed by atoms with Gasteiger partial charge in [-0.05, 0) is 93.0 Å². The highest BCUT2D eigenvalue weighted by atomic mass is 16.6. The standard InChI is InChI=1S/C59H68N12O9/c1-37(72)64-47(33-50(60)73)54(75)62-36-79-35-59(80-42-14-15-42,40-10-6-5-7-11-40)53-44-32-39(45-34-68(3)55(76)52-43(45)18-25-61-52)13-16-46(44)65-56(67-53)70-26-19-41(20-27-70)69-29-22-58(2,23-30-69)63-24-8-9-38-12-17-49(78-4)48(31-38)71-28-21-51(74)66-57(71)77/h5-7,10-13,16-18,25,31-32,34,41-42,47,61,63H,14-15,19-24,26-30,33,35-36H2,1-4H3,(H2,60,73)(H,62,75)(H,64,72)(H,66,74,77). The summed E-state index contributed by atoms with van der Waals surface area (Å²) < 4.78 is 20.7. The first-order chi connectivity index (χ1) is 38.6. The number of rotatable bonds is 19. The highest BCUT2D eigenvalue weighted by molar-refractivity contribution is 6.06. The fraction of sp³-hybridized carbons (Fsp3) is 0.424. The van der Waals surface area contributed by atoms with Crippen LogP contribution in [0.3, 0.4) is 0 Å². The number of pyridine rings is 1. The topological polar surface area (TPSA) is 260 Å². The van der Waals surface area contributed by atoms with Crippen LogP contribution in [0.4, 0.5) is 16.4 Å². The third kappa shape index (κ3) is 12.2. The molecule has 3 saturated heterocycles. The maximum atomic E-state index is 13.3. The van der Waals surface area contributed by atoms with Gasteiger partial charge in [-0.1, -0.05) is 48.2 Å². The molecule has 2 unspecified atom stereocenters. The van der Waals surface area contributed by atoms with Gasteiger partial charge in [0, 0.05) is 99.0 Å².